The highest BCUT2D eigenvalue weighted by molar-refractivity contribution is 5.60. The second-order valence-electron chi connectivity index (χ2n) is 5.37. The lowest BCUT2D eigenvalue weighted by Gasteiger charge is -2.20. The summed E-state index contributed by atoms with van der Waals surface area (Å²) < 4.78 is 0. The van der Waals surface area contributed by atoms with Crippen molar-refractivity contribution in [1.82, 2.24) is 0 Å². The average Bonchev–Trinajstić information content (AvgIpc) is 3.00. The van der Waals surface area contributed by atoms with Crippen LogP contribution in [0.2, 0.25) is 0 Å². The molecule has 0 amide bonds. The number of nitrogens with two attached hydrogens (primary N) is 1. The molecule has 2 N–H and O–H groups in total. The van der Waals surface area contributed by atoms with Crippen molar-refractivity contribution in [3.05, 3.63) is 29.8 Å². The van der Waals surface area contributed by atoms with Gasteiger partial charge in [-0.3, -0.25) is 0 Å². The molecule has 2 aliphatic rings. The lowest BCUT2D eigenvalue weighted by molar-refractivity contribution is 0.577. The number of fused-ring (bicyclic) bond motifs is 1. The number of hydrogen-bond donors (Lipinski definition) is 1. The van der Waals surface area contributed by atoms with Crippen molar-refractivity contribution in [1.29, 1.82) is 0 Å². The molecule has 0 saturated heterocycles. The van der Waals surface area contributed by atoms with Crippen molar-refractivity contribution in [3.8, 4) is 0 Å². The lowest BCUT2D eigenvalue weighted by Crippen LogP contribution is -2.31. The first-order valence-electron chi connectivity index (χ1n) is 6.35. The van der Waals surface area contributed by atoms with Gasteiger partial charge in [-0.05, 0) is 37.3 Å². The predicted molar refractivity (Wildman–Crippen MR) is 67.8 cm³/mol. The Balaban J connectivity index is 1.88. The van der Waals surface area contributed by atoms with Gasteiger partial charge in [0.1, 0.15) is 0 Å². The maximum absolute atomic E-state index is 6.09. The molecule has 1 aliphatic heterocycles. The highest BCUT2D eigenvalue weighted by Crippen LogP contribution is 2.40. The molecule has 0 radical (unpaired) electrons. The van der Waals surface area contributed by atoms with Crippen LogP contribution in [0.1, 0.15) is 31.2 Å². The zero-order chi connectivity index (χ0) is 11.1. The Kier molecular flexibility index (Phi) is 2.40. The van der Waals surface area contributed by atoms with Crippen LogP contribution in [0.25, 0.3) is 0 Å². The van der Waals surface area contributed by atoms with E-state index in [1.165, 1.54) is 30.6 Å². The van der Waals surface area contributed by atoms with Gasteiger partial charge < -0.3 is 10.6 Å². The Hall–Kier alpha value is -1.02. The van der Waals surface area contributed by atoms with E-state index in [0.717, 1.165) is 12.5 Å². The minimum Gasteiger partial charge on any atom is -0.370 e. The predicted octanol–water partition coefficient (Wildman–Crippen LogP) is 2.35. The Morgan fingerprint density at radius 3 is 2.81 bits per heavy atom. The summed E-state index contributed by atoms with van der Waals surface area (Å²) in [6.45, 7) is 4.48. The standard InChI is InChI=1S/C14H20N2/c1-10(15)13-9-16(8-11-6-7-11)14-5-3-2-4-12(13)14/h2-5,10-11,13H,6-9,15H2,1H3. The molecule has 1 aliphatic carbocycles. The van der Waals surface area contributed by atoms with Crippen LogP contribution in [0.4, 0.5) is 5.69 Å². The molecule has 1 aromatic rings. The molecule has 2 atom stereocenters. The zero-order valence-corrected chi connectivity index (χ0v) is 9.89. The van der Waals surface area contributed by atoms with Crippen LogP contribution in [-0.2, 0) is 0 Å². The van der Waals surface area contributed by atoms with Crippen LogP contribution in [0.15, 0.2) is 24.3 Å². The summed E-state index contributed by atoms with van der Waals surface area (Å²) in [5, 5.41) is 0. The molecule has 1 fully saturated rings. The van der Waals surface area contributed by atoms with Gasteiger partial charge in [-0.1, -0.05) is 18.2 Å². The molecule has 0 bridgehead atoms. The molecular weight excluding hydrogens is 196 g/mol. The largest absolute Gasteiger partial charge is 0.370 e. The van der Waals surface area contributed by atoms with Crippen molar-refractivity contribution in [2.75, 3.05) is 18.0 Å². The van der Waals surface area contributed by atoms with Gasteiger partial charge in [-0.2, -0.15) is 0 Å². The molecule has 1 aromatic carbocycles. The molecule has 16 heavy (non-hydrogen) atoms. The maximum Gasteiger partial charge on any atom is 0.0403 e. The fourth-order valence-electron chi connectivity index (χ4n) is 2.76. The third-order valence-electron chi connectivity index (χ3n) is 3.90. The van der Waals surface area contributed by atoms with Crippen LogP contribution in [0, 0.1) is 5.92 Å². The number of nitrogens with zero attached hydrogens (tertiary/aromatic N) is 1. The highest BCUT2D eigenvalue weighted by atomic mass is 15.2. The second-order valence-corrected chi connectivity index (χ2v) is 5.37. The first-order chi connectivity index (χ1) is 7.75. The van der Waals surface area contributed by atoms with Gasteiger partial charge >= 0.3 is 0 Å². The molecule has 2 heteroatoms. The van der Waals surface area contributed by atoms with E-state index in [-0.39, 0.29) is 6.04 Å². The van der Waals surface area contributed by atoms with Crippen molar-refractivity contribution >= 4 is 5.69 Å². The van der Waals surface area contributed by atoms with E-state index in [9.17, 15) is 0 Å². The normalized spacial score (nSPS) is 25.6. The molecule has 2 nitrogen and oxygen atoms in total. The summed E-state index contributed by atoms with van der Waals surface area (Å²) in [7, 11) is 0. The number of benzene rings is 1. The van der Waals surface area contributed by atoms with Crippen molar-refractivity contribution in [2.24, 2.45) is 11.7 Å². The monoisotopic (exact) mass is 216 g/mol. The third-order valence-corrected chi connectivity index (χ3v) is 3.90. The van der Waals surface area contributed by atoms with Crippen LogP contribution in [-0.4, -0.2) is 19.1 Å². The van der Waals surface area contributed by atoms with Gasteiger partial charge in [0, 0.05) is 30.7 Å². The fraction of sp³-hybridized carbons (Fsp3) is 0.571. The van der Waals surface area contributed by atoms with E-state index in [2.05, 4.69) is 36.1 Å². The minimum absolute atomic E-state index is 0.255. The van der Waals surface area contributed by atoms with E-state index in [1.807, 2.05) is 0 Å². The summed E-state index contributed by atoms with van der Waals surface area (Å²) in [5.74, 6) is 1.47. The molecule has 3 rings (SSSR count). The fourth-order valence-corrected chi connectivity index (χ4v) is 2.76. The van der Waals surface area contributed by atoms with Gasteiger partial charge in [0.05, 0.1) is 0 Å². The van der Waals surface area contributed by atoms with Gasteiger partial charge in [0.25, 0.3) is 0 Å². The Morgan fingerprint density at radius 1 is 1.38 bits per heavy atom. The number of para-hydroxylation sites is 1. The minimum atomic E-state index is 0.255. The van der Waals surface area contributed by atoms with Crippen LogP contribution in [0.3, 0.4) is 0 Å². The quantitative estimate of drug-likeness (QED) is 0.840. The third kappa shape index (κ3) is 1.71. The Labute approximate surface area is 97.4 Å². The molecule has 1 heterocycles. The Bertz CT molecular complexity index is 382. The summed E-state index contributed by atoms with van der Waals surface area (Å²) in [6, 6.07) is 9.03. The summed E-state index contributed by atoms with van der Waals surface area (Å²) in [6.07, 6.45) is 2.84. The molecule has 0 spiro atoms. The number of hydrogen-bond acceptors (Lipinski definition) is 2. The van der Waals surface area contributed by atoms with Gasteiger partial charge in [0.15, 0.2) is 0 Å². The van der Waals surface area contributed by atoms with Gasteiger partial charge in [-0.15, -0.1) is 0 Å². The maximum atomic E-state index is 6.09. The molecule has 86 valence electrons. The highest BCUT2D eigenvalue weighted by Gasteiger charge is 2.33. The first-order valence-corrected chi connectivity index (χ1v) is 6.35. The number of anilines is 1. The van der Waals surface area contributed by atoms with Crippen LogP contribution < -0.4 is 10.6 Å². The average molecular weight is 216 g/mol. The van der Waals surface area contributed by atoms with Crippen molar-refractivity contribution in [2.45, 2.75) is 31.7 Å². The van der Waals surface area contributed by atoms with Crippen molar-refractivity contribution in [3.63, 3.8) is 0 Å². The first kappa shape index (κ1) is 10.2. The topological polar surface area (TPSA) is 29.3 Å². The Morgan fingerprint density at radius 2 is 2.12 bits per heavy atom. The molecule has 2 unspecified atom stereocenters. The van der Waals surface area contributed by atoms with E-state index in [0.29, 0.717) is 5.92 Å². The van der Waals surface area contributed by atoms with Crippen LogP contribution >= 0.6 is 0 Å². The van der Waals surface area contributed by atoms with E-state index >= 15 is 0 Å². The molecule has 1 saturated carbocycles. The van der Waals surface area contributed by atoms with Crippen molar-refractivity contribution < 1.29 is 0 Å². The summed E-state index contributed by atoms with van der Waals surface area (Å²) in [5.41, 5.74) is 8.98. The molecule has 0 aromatic heterocycles. The number of rotatable bonds is 3. The lowest BCUT2D eigenvalue weighted by atomic mass is 9.95. The zero-order valence-electron chi connectivity index (χ0n) is 9.89. The smallest absolute Gasteiger partial charge is 0.0403 e. The molecular formula is C14H20N2. The van der Waals surface area contributed by atoms with E-state index in [4.69, 9.17) is 5.73 Å². The summed E-state index contributed by atoms with van der Waals surface area (Å²) in [4.78, 5) is 2.54. The SMILES string of the molecule is CC(N)C1CN(CC2CC2)c2ccccc21. The van der Waals surface area contributed by atoms with Gasteiger partial charge in [-0.25, -0.2) is 0 Å². The van der Waals surface area contributed by atoms with E-state index < -0.39 is 0 Å². The van der Waals surface area contributed by atoms with Gasteiger partial charge in [0.2, 0.25) is 0 Å². The van der Waals surface area contributed by atoms with E-state index in [1.54, 1.807) is 0 Å². The summed E-state index contributed by atoms with van der Waals surface area (Å²) >= 11 is 0. The second kappa shape index (κ2) is 3.77. The van der Waals surface area contributed by atoms with Crippen LogP contribution in [0.5, 0.6) is 0 Å².